The number of rotatable bonds is 5. The van der Waals surface area contributed by atoms with Crippen molar-refractivity contribution in [2.45, 2.75) is 45.8 Å². The van der Waals surface area contributed by atoms with Gasteiger partial charge in [0, 0.05) is 38.8 Å². The Hall–Kier alpha value is -1.71. The summed E-state index contributed by atoms with van der Waals surface area (Å²) in [6.45, 7) is 8.52. The van der Waals surface area contributed by atoms with Crippen LogP contribution in [0, 0.1) is 5.92 Å². The Kier molecular flexibility index (Phi) is 10.6. The molecule has 2 rings (SSSR count). The summed E-state index contributed by atoms with van der Waals surface area (Å²) in [6, 6.07) is 7.91. The molecule has 0 spiro atoms. The molecule has 0 radical (unpaired) electrons. The molecule has 2 N–H and O–H groups in total. The van der Waals surface area contributed by atoms with Crippen LogP contribution in [-0.4, -0.2) is 56.3 Å². The Morgan fingerprint density at radius 1 is 1.28 bits per heavy atom. The number of para-hydroxylation sites is 1. The average Bonchev–Trinajstić information content (AvgIpc) is 2.67. The smallest absolute Gasteiger partial charge is 0.410 e. The third-order valence-corrected chi connectivity index (χ3v) is 4.59. The van der Waals surface area contributed by atoms with Gasteiger partial charge in [-0.15, -0.1) is 24.0 Å². The number of carbonyl (C=O) groups excluding carboxylic acids is 1. The van der Waals surface area contributed by atoms with Crippen molar-refractivity contribution < 1.29 is 14.3 Å². The molecule has 0 bridgehead atoms. The predicted octanol–water partition coefficient (Wildman–Crippen LogP) is 3.63. The topological polar surface area (TPSA) is 75.2 Å². The molecule has 8 heteroatoms. The van der Waals surface area contributed by atoms with Gasteiger partial charge in [-0.1, -0.05) is 18.2 Å². The fourth-order valence-corrected chi connectivity index (χ4v) is 3.21. The van der Waals surface area contributed by atoms with E-state index in [9.17, 15) is 4.79 Å². The molecule has 1 heterocycles. The number of nitrogens with one attached hydrogen (secondary N) is 2. The normalized spacial score (nSPS) is 17.2. The number of hydrogen-bond donors (Lipinski definition) is 2. The number of amides is 1. The van der Waals surface area contributed by atoms with Crippen LogP contribution in [0.1, 0.15) is 39.2 Å². The summed E-state index contributed by atoms with van der Waals surface area (Å²) in [7, 11) is 3.43. The van der Waals surface area contributed by atoms with Crippen LogP contribution >= 0.6 is 24.0 Å². The summed E-state index contributed by atoms with van der Waals surface area (Å²) in [5, 5.41) is 6.69. The Balaban J connectivity index is 0.00000420. The molecule has 1 atom stereocenters. The van der Waals surface area contributed by atoms with E-state index in [4.69, 9.17) is 9.47 Å². The number of aliphatic imine (C=N–C) groups is 1. The number of hydrogen-bond acceptors (Lipinski definition) is 4. The van der Waals surface area contributed by atoms with Crippen molar-refractivity contribution in [1.82, 2.24) is 15.5 Å². The van der Waals surface area contributed by atoms with Crippen LogP contribution in [-0.2, 0) is 11.3 Å². The minimum Gasteiger partial charge on any atom is -0.496 e. The van der Waals surface area contributed by atoms with Crippen molar-refractivity contribution in [2.75, 3.05) is 33.8 Å². The van der Waals surface area contributed by atoms with E-state index in [1.54, 1.807) is 14.2 Å². The van der Waals surface area contributed by atoms with Gasteiger partial charge in [-0.05, 0) is 45.6 Å². The lowest BCUT2D eigenvalue weighted by Crippen LogP contribution is -2.47. The zero-order valence-corrected chi connectivity index (χ0v) is 20.5. The summed E-state index contributed by atoms with van der Waals surface area (Å²) in [4.78, 5) is 18.4. The summed E-state index contributed by atoms with van der Waals surface area (Å²) < 4.78 is 10.9. The summed E-state index contributed by atoms with van der Waals surface area (Å²) >= 11 is 0. The highest BCUT2D eigenvalue weighted by Crippen LogP contribution is 2.19. The largest absolute Gasteiger partial charge is 0.496 e. The monoisotopic (exact) mass is 518 g/mol. The zero-order valence-electron chi connectivity index (χ0n) is 18.2. The van der Waals surface area contributed by atoms with Crippen LogP contribution in [0.4, 0.5) is 4.79 Å². The van der Waals surface area contributed by atoms with Gasteiger partial charge < -0.3 is 25.0 Å². The van der Waals surface area contributed by atoms with E-state index in [0.717, 1.165) is 43.2 Å². The molecule has 164 valence electrons. The van der Waals surface area contributed by atoms with Crippen molar-refractivity contribution >= 4 is 36.0 Å². The highest BCUT2D eigenvalue weighted by molar-refractivity contribution is 14.0. The van der Waals surface area contributed by atoms with Crippen LogP contribution in [0.3, 0.4) is 0 Å². The molecule has 0 aliphatic carbocycles. The molecule has 1 aromatic carbocycles. The highest BCUT2D eigenvalue weighted by atomic mass is 127. The van der Waals surface area contributed by atoms with Gasteiger partial charge in [0.15, 0.2) is 5.96 Å². The molecule has 1 saturated heterocycles. The van der Waals surface area contributed by atoms with E-state index in [1.807, 2.05) is 49.9 Å². The maximum atomic E-state index is 12.3. The van der Waals surface area contributed by atoms with Gasteiger partial charge in [-0.25, -0.2) is 4.79 Å². The van der Waals surface area contributed by atoms with E-state index >= 15 is 0 Å². The second-order valence-electron chi connectivity index (χ2n) is 8.05. The number of piperidine rings is 1. The fourth-order valence-electron chi connectivity index (χ4n) is 3.21. The molecule has 7 nitrogen and oxygen atoms in total. The molecular formula is C21H35IN4O3. The minimum atomic E-state index is -0.466. The highest BCUT2D eigenvalue weighted by Gasteiger charge is 2.27. The molecule has 1 aliphatic heterocycles. The Labute approximate surface area is 191 Å². The van der Waals surface area contributed by atoms with Crippen LogP contribution in [0.25, 0.3) is 0 Å². The molecule has 1 unspecified atom stereocenters. The van der Waals surface area contributed by atoms with Gasteiger partial charge in [-0.2, -0.15) is 0 Å². The van der Waals surface area contributed by atoms with Gasteiger partial charge >= 0.3 is 6.09 Å². The summed E-state index contributed by atoms with van der Waals surface area (Å²) in [6.07, 6.45) is 1.84. The van der Waals surface area contributed by atoms with Crippen molar-refractivity contribution in [2.24, 2.45) is 10.9 Å². The number of carbonyl (C=O) groups is 1. The Morgan fingerprint density at radius 3 is 2.66 bits per heavy atom. The molecule has 1 aliphatic rings. The molecule has 0 aromatic heterocycles. The van der Waals surface area contributed by atoms with Crippen molar-refractivity contribution in [3.63, 3.8) is 0 Å². The zero-order chi connectivity index (χ0) is 20.6. The molecule has 29 heavy (non-hydrogen) atoms. The standard InChI is InChI=1S/C21H34N4O3.HI/c1-21(2,3)28-20(26)25-12-8-9-16(15-25)13-23-19(22-4)24-14-17-10-6-7-11-18(17)27-5;/h6-7,10-11,16H,8-9,12-15H2,1-5H3,(H2,22,23,24);1H. The first kappa shape index (κ1) is 25.3. The lowest BCUT2D eigenvalue weighted by Gasteiger charge is -2.34. The van der Waals surface area contributed by atoms with Crippen molar-refractivity contribution in [3.8, 4) is 5.75 Å². The predicted molar refractivity (Wildman–Crippen MR) is 127 cm³/mol. The van der Waals surface area contributed by atoms with Gasteiger partial charge in [0.25, 0.3) is 0 Å². The SMILES string of the molecule is CN=C(NCc1ccccc1OC)NCC1CCCN(C(=O)OC(C)(C)C)C1.I. The maximum absolute atomic E-state index is 12.3. The van der Waals surface area contributed by atoms with Crippen LogP contribution in [0.15, 0.2) is 29.3 Å². The number of halogens is 1. The van der Waals surface area contributed by atoms with E-state index in [0.29, 0.717) is 19.0 Å². The fraction of sp³-hybridized carbons (Fsp3) is 0.619. The van der Waals surface area contributed by atoms with Gasteiger partial charge in [-0.3, -0.25) is 4.99 Å². The second-order valence-corrected chi connectivity index (χ2v) is 8.05. The molecule has 1 amide bonds. The van der Waals surface area contributed by atoms with Gasteiger partial charge in [0.2, 0.25) is 0 Å². The number of methoxy groups -OCH3 is 1. The second kappa shape index (κ2) is 12.1. The number of ether oxygens (including phenoxy) is 2. The lowest BCUT2D eigenvalue weighted by molar-refractivity contribution is 0.0168. The van der Waals surface area contributed by atoms with Gasteiger partial charge in [0.05, 0.1) is 7.11 Å². The van der Waals surface area contributed by atoms with Crippen LogP contribution in [0.2, 0.25) is 0 Å². The first-order valence-electron chi connectivity index (χ1n) is 9.86. The van der Waals surface area contributed by atoms with E-state index in [-0.39, 0.29) is 30.1 Å². The number of likely N-dealkylation sites (tertiary alicyclic amines) is 1. The molecule has 1 aromatic rings. The quantitative estimate of drug-likeness (QED) is 0.354. The summed E-state index contributed by atoms with van der Waals surface area (Å²) in [5.41, 5.74) is 0.605. The number of nitrogens with zero attached hydrogens (tertiary/aromatic N) is 2. The minimum absolute atomic E-state index is 0. The average molecular weight is 518 g/mol. The first-order valence-corrected chi connectivity index (χ1v) is 9.86. The van der Waals surface area contributed by atoms with E-state index in [2.05, 4.69) is 15.6 Å². The van der Waals surface area contributed by atoms with Gasteiger partial charge in [0.1, 0.15) is 11.4 Å². The third kappa shape index (κ3) is 8.67. The molecule has 0 saturated carbocycles. The number of benzene rings is 1. The molecular weight excluding hydrogens is 483 g/mol. The number of guanidine groups is 1. The first-order chi connectivity index (χ1) is 13.3. The van der Waals surface area contributed by atoms with E-state index in [1.165, 1.54) is 0 Å². The van der Waals surface area contributed by atoms with Crippen LogP contribution in [0.5, 0.6) is 5.75 Å². The van der Waals surface area contributed by atoms with Crippen molar-refractivity contribution in [3.05, 3.63) is 29.8 Å². The molecule has 1 fully saturated rings. The Bertz CT molecular complexity index is 676. The third-order valence-electron chi connectivity index (χ3n) is 4.59. The lowest BCUT2D eigenvalue weighted by atomic mass is 9.98. The Morgan fingerprint density at radius 2 is 2.00 bits per heavy atom. The van der Waals surface area contributed by atoms with Crippen LogP contribution < -0.4 is 15.4 Å². The van der Waals surface area contributed by atoms with E-state index < -0.39 is 5.60 Å². The summed E-state index contributed by atoms with van der Waals surface area (Å²) in [5.74, 6) is 1.96. The van der Waals surface area contributed by atoms with Crippen molar-refractivity contribution in [1.29, 1.82) is 0 Å². The maximum Gasteiger partial charge on any atom is 0.410 e.